The number of hydrogen-bond acceptors (Lipinski definition) is 2. The van der Waals surface area contributed by atoms with Crippen LogP contribution in [0.5, 0.6) is 5.75 Å². The molecule has 1 unspecified atom stereocenters. The zero-order valence-corrected chi connectivity index (χ0v) is 14.3. The van der Waals surface area contributed by atoms with Crippen molar-refractivity contribution >= 4 is 0 Å². The molecule has 0 aliphatic rings. The van der Waals surface area contributed by atoms with Crippen molar-refractivity contribution in [3.05, 3.63) is 28.8 Å². The van der Waals surface area contributed by atoms with Crippen LogP contribution in [0.25, 0.3) is 0 Å². The molecule has 0 bridgehead atoms. The summed E-state index contributed by atoms with van der Waals surface area (Å²) < 4.78 is 0. The van der Waals surface area contributed by atoms with Gasteiger partial charge in [-0.1, -0.05) is 48.5 Å². The number of rotatable bonds is 2. The van der Waals surface area contributed by atoms with Gasteiger partial charge < -0.3 is 10.2 Å². The van der Waals surface area contributed by atoms with Crippen LogP contribution >= 0.6 is 0 Å². The van der Waals surface area contributed by atoms with Crippen molar-refractivity contribution in [3.8, 4) is 5.75 Å². The van der Waals surface area contributed by atoms with Gasteiger partial charge in [-0.05, 0) is 53.0 Å². The summed E-state index contributed by atoms with van der Waals surface area (Å²) in [6.45, 7) is 16.3. The Labute approximate surface area is 123 Å². The first-order valence-electron chi connectivity index (χ1n) is 7.41. The molecule has 2 N–H and O–H groups in total. The molecule has 20 heavy (non-hydrogen) atoms. The molecule has 0 aliphatic carbocycles. The summed E-state index contributed by atoms with van der Waals surface area (Å²) in [5, 5.41) is 21.2. The number of hydrogen-bond donors (Lipinski definition) is 2. The van der Waals surface area contributed by atoms with Gasteiger partial charge in [-0.3, -0.25) is 0 Å². The largest absolute Gasteiger partial charge is 0.507 e. The summed E-state index contributed by atoms with van der Waals surface area (Å²) in [5.74, 6) is 0.362. The third-order valence-corrected chi connectivity index (χ3v) is 4.04. The number of phenols is 1. The summed E-state index contributed by atoms with van der Waals surface area (Å²) in [6.07, 6.45) is 0.644. The highest BCUT2D eigenvalue weighted by molar-refractivity contribution is 5.51. The van der Waals surface area contributed by atoms with E-state index < -0.39 is 5.60 Å². The minimum atomic E-state index is -0.867. The molecule has 0 heterocycles. The van der Waals surface area contributed by atoms with E-state index in [1.165, 1.54) is 0 Å². The van der Waals surface area contributed by atoms with Gasteiger partial charge in [-0.25, -0.2) is 0 Å². The maximum absolute atomic E-state index is 10.6. The highest BCUT2D eigenvalue weighted by Crippen LogP contribution is 2.42. The van der Waals surface area contributed by atoms with Crippen LogP contribution in [-0.4, -0.2) is 10.2 Å². The Bertz CT molecular complexity index is 450. The Morgan fingerprint density at radius 3 is 1.45 bits per heavy atom. The molecule has 1 atom stereocenters. The van der Waals surface area contributed by atoms with Crippen LogP contribution in [0, 0.1) is 0 Å². The fraction of sp³-hybridized carbons (Fsp3) is 0.667. The maximum Gasteiger partial charge on any atom is 0.123 e. The zero-order valence-electron chi connectivity index (χ0n) is 14.3. The second-order valence-electron chi connectivity index (χ2n) is 8.05. The highest BCUT2D eigenvalue weighted by Gasteiger charge is 2.30. The summed E-state index contributed by atoms with van der Waals surface area (Å²) in [7, 11) is 0. The van der Waals surface area contributed by atoms with Crippen molar-refractivity contribution in [1.82, 2.24) is 0 Å². The number of benzene rings is 1. The van der Waals surface area contributed by atoms with Gasteiger partial charge in [0.15, 0.2) is 0 Å². The predicted octanol–water partition coefficient (Wildman–Crippen LogP) is 4.60. The lowest BCUT2D eigenvalue weighted by Gasteiger charge is -2.31. The molecule has 0 spiro atoms. The fourth-order valence-corrected chi connectivity index (χ4v) is 2.29. The first-order chi connectivity index (χ1) is 8.80. The molecule has 0 saturated carbocycles. The smallest absolute Gasteiger partial charge is 0.123 e. The first-order valence-corrected chi connectivity index (χ1v) is 7.41. The molecular weight excluding hydrogens is 248 g/mol. The van der Waals surface area contributed by atoms with Crippen LogP contribution in [0.1, 0.15) is 78.5 Å². The normalized spacial score (nSPS) is 16.1. The van der Waals surface area contributed by atoms with Crippen LogP contribution in [0.2, 0.25) is 0 Å². The van der Waals surface area contributed by atoms with Crippen LogP contribution < -0.4 is 0 Å². The molecule has 2 heteroatoms. The van der Waals surface area contributed by atoms with Gasteiger partial charge in [-0.2, -0.15) is 0 Å². The lowest BCUT2D eigenvalue weighted by atomic mass is 9.76. The van der Waals surface area contributed by atoms with Crippen LogP contribution in [-0.2, 0) is 16.4 Å². The lowest BCUT2D eigenvalue weighted by molar-refractivity contribution is 0.0527. The van der Waals surface area contributed by atoms with Gasteiger partial charge in [0.2, 0.25) is 0 Å². The highest BCUT2D eigenvalue weighted by atomic mass is 16.3. The molecule has 0 amide bonds. The molecule has 1 rings (SSSR count). The Morgan fingerprint density at radius 2 is 1.20 bits per heavy atom. The molecule has 1 aromatic carbocycles. The van der Waals surface area contributed by atoms with Crippen molar-refractivity contribution in [3.63, 3.8) is 0 Å². The fourth-order valence-electron chi connectivity index (χ4n) is 2.29. The van der Waals surface area contributed by atoms with Gasteiger partial charge in [0, 0.05) is 0 Å². The molecule has 1 aromatic rings. The maximum atomic E-state index is 10.6. The van der Waals surface area contributed by atoms with Crippen molar-refractivity contribution < 1.29 is 10.2 Å². The SMILES string of the molecule is CCC(C)(O)c1cc(C(C)(C)C)c(O)c(C(C)(C)C)c1. The average molecular weight is 278 g/mol. The van der Waals surface area contributed by atoms with Crippen molar-refractivity contribution in [2.75, 3.05) is 0 Å². The van der Waals surface area contributed by atoms with Crippen molar-refractivity contribution in [1.29, 1.82) is 0 Å². The molecule has 2 nitrogen and oxygen atoms in total. The Hall–Kier alpha value is -1.02. The second kappa shape index (κ2) is 5.07. The minimum absolute atomic E-state index is 0.163. The van der Waals surface area contributed by atoms with E-state index in [-0.39, 0.29) is 10.8 Å². The predicted molar refractivity (Wildman–Crippen MR) is 85.4 cm³/mol. The summed E-state index contributed by atoms with van der Waals surface area (Å²) in [4.78, 5) is 0. The summed E-state index contributed by atoms with van der Waals surface area (Å²) >= 11 is 0. The van der Waals surface area contributed by atoms with Gasteiger partial charge in [0.25, 0.3) is 0 Å². The van der Waals surface area contributed by atoms with Crippen molar-refractivity contribution in [2.24, 2.45) is 0 Å². The second-order valence-corrected chi connectivity index (χ2v) is 8.05. The van der Waals surface area contributed by atoms with Crippen LogP contribution in [0.3, 0.4) is 0 Å². The average Bonchev–Trinajstić information content (AvgIpc) is 2.25. The van der Waals surface area contributed by atoms with E-state index in [0.29, 0.717) is 12.2 Å². The van der Waals surface area contributed by atoms with E-state index in [2.05, 4.69) is 41.5 Å². The van der Waals surface area contributed by atoms with E-state index in [0.717, 1.165) is 16.7 Å². The first kappa shape index (κ1) is 17.0. The molecular formula is C18H30O2. The third-order valence-electron chi connectivity index (χ3n) is 4.04. The molecule has 0 radical (unpaired) electrons. The summed E-state index contributed by atoms with van der Waals surface area (Å²) in [6, 6.07) is 3.90. The topological polar surface area (TPSA) is 40.5 Å². The quantitative estimate of drug-likeness (QED) is 0.829. The minimum Gasteiger partial charge on any atom is -0.507 e. The standard InChI is InChI=1S/C18H30O2/c1-9-18(8,20)12-10-13(16(2,3)4)15(19)14(11-12)17(5,6)7/h10-11,19-20H,9H2,1-8H3. The zero-order chi connectivity index (χ0) is 15.9. The number of aromatic hydroxyl groups is 1. The third kappa shape index (κ3) is 3.35. The van der Waals surface area contributed by atoms with Crippen LogP contribution in [0.4, 0.5) is 0 Å². The number of aliphatic hydroxyl groups is 1. The van der Waals surface area contributed by atoms with Gasteiger partial charge >= 0.3 is 0 Å². The number of phenolic OH excluding ortho intramolecular Hbond substituents is 1. The van der Waals surface area contributed by atoms with E-state index in [9.17, 15) is 10.2 Å². The Kier molecular flexibility index (Phi) is 4.32. The van der Waals surface area contributed by atoms with E-state index >= 15 is 0 Å². The van der Waals surface area contributed by atoms with Gasteiger partial charge in [0.05, 0.1) is 5.60 Å². The molecule has 0 saturated heterocycles. The van der Waals surface area contributed by atoms with Crippen LogP contribution in [0.15, 0.2) is 12.1 Å². The molecule has 0 aromatic heterocycles. The van der Waals surface area contributed by atoms with Gasteiger partial charge in [-0.15, -0.1) is 0 Å². The Morgan fingerprint density at radius 1 is 0.850 bits per heavy atom. The van der Waals surface area contributed by atoms with E-state index in [1.807, 2.05) is 26.0 Å². The molecule has 0 fully saturated rings. The summed E-state index contributed by atoms with van der Waals surface area (Å²) in [5.41, 5.74) is 1.48. The molecule has 0 aliphatic heterocycles. The lowest BCUT2D eigenvalue weighted by Crippen LogP contribution is -2.24. The van der Waals surface area contributed by atoms with E-state index in [1.54, 1.807) is 0 Å². The monoisotopic (exact) mass is 278 g/mol. The Balaban J connectivity index is 3.68. The van der Waals surface area contributed by atoms with Crippen molar-refractivity contribution in [2.45, 2.75) is 78.2 Å². The van der Waals surface area contributed by atoms with E-state index in [4.69, 9.17) is 0 Å². The van der Waals surface area contributed by atoms with Gasteiger partial charge in [0.1, 0.15) is 5.75 Å². The molecule has 114 valence electrons.